The van der Waals surface area contributed by atoms with Gasteiger partial charge < -0.3 is 19.5 Å². The minimum atomic E-state index is -0.779. The molecule has 3 heterocycles. The lowest BCUT2D eigenvalue weighted by atomic mass is 9.52. The van der Waals surface area contributed by atoms with Gasteiger partial charge in [0.15, 0.2) is 0 Å². The van der Waals surface area contributed by atoms with E-state index in [1.807, 2.05) is 45.0 Å². The van der Waals surface area contributed by atoms with Crippen LogP contribution in [0.2, 0.25) is 0 Å². The average Bonchev–Trinajstić information content (AvgIpc) is 3.74. The molecule has 2 bridgehead atoms. The minimum Gasteiger partial charge on any atom is -0.497 e. The van der Waals surface area contributed by atoms with Crippen molar-refractivity contribution in [3.05, 3.63) is 59.3 Å². The normalized spacial score (nSPS) is 27.8. The number of nitrogens with zero attached hydrogens (tertiary/aromatic N) is 4. The van der Waals surface area contributed by atoms with Crippen molar-refractivity contribution in [1.29, 1.82) is 0 Å². The summed E-state index contributed by atoms with van der Waals surface area (Å²) in [6.07, 6.45) is 6.48. The van der Waals surface area contributed by atoms with E-state index in [1.54, 1.807) is 7.11 Å². The summed E-state index contributed by atoms with van der Waals surface area (Å²) in [7, 11) is 1.73. The summed E-state index contributed by atoms with van der Waals surface area (Å²) in [4.78, 5) is 18.1. The van der Waals surface area contributed by atoms with E-state index in [9.17, 15) is 9.90 Å². The van der Waals surface area contributed by atoms with Crippen LogP contribution in [0.5, 0.6) is 5.75 Å². The Bertz CT molecular complexity index is 1520. The molecule has 4 aliphatic rings. The summed E-state index contributed by atoms with van der Waals surface area (Å²) in [5.74, 6) is 1.67. The van der Waals surface area contributed by atoms with E-state index in [1.165, 1.54) is 28.7 Å². The van der Waals surface area contributed by atoms with Crippen molar-refractivity contribution < 1.29 is 19.4 Å². The number of hydrogen-bond acceptors (Lipinski definition) is 7. The minimum absolute atomic E-state index is 0.149. The van der Waals surface area contributed by atoms with Crippen LogP contribution in [0.1, 0.15) is 69.7 Å². The van der Waals surface area contributed by atoms with Gasteiger partial charge in [0.05, 0.1) is 23.9 Å². The highest BCUT2D eigenvalue weighted by atomic mass is 16.6. The number of likely N-dealkylation sites (tertiary alicyclic amines) is 2. The van der Waals surface area contributed by atoms with E-state index in [-0.39, 0.29) is 11.5 Å². The first-order valence-corrected chi connectivity index (χ1v) is 16.2. The SMILES string of the molecule is COc1ccc2c(c1)[C@@]13CCN(CCc4nn(C(=O)OC(C)(C)C)c5ccccc45)CC[C@@]1(O)[C@@H](C2)N(CC1CC1)CC3. The summed E-state index contributed by atoms with van der Waals surface area (Å²) in [5.41, 5.74) is 2.71. The largest absolute Gasteiger partial charge is 0.497 e. The number of fused-ring (bicyclic) bond motifs is 2. The van der Waals surface area contributed by atoms with Gasteiger partial charge in [-0.15, -0.1) is 0 Å². The van der Waals surface area contributed by atoms with Crippen molar-refractivity contribution in [2.24, 2.45) is 5.92 Å². The van der Waals surface area contributed by atoms with Crippen molar-refractivity contribution in [1.82, 2.24) is 19.6 Å². The van der Waals surface area contributed by atoms with Crippen LogP contribution in [-0.2, 0) is 23.0 Å². The molecule has 8 heteroatoms. The highest BCUT2D eigenvalue weighted by molar-refractivity contribution is 5.89. The van der Waals surface area contributed by atoms with Crippen LogP contribution < -0.4 is 4.74 Å². The lowest BCUT2D eigenvalue weighted by Gasteiger charge is -2.61. The molecular weight excluding hydrogens is 540 g/mol. The summed E-state index contributed by atoms with van der Waals surface area (Å²) in [6, 6.07) is 14.6. The number of carbonyl (C=O) groups excluding carboxylic acids is 1. The van der Waals surface area contributed by atoms with Gasteiger partial charge in [0.25, 0.3) is 0 Å². The Labute approximate surface area is 254 Å². The van der Waals surface area contributed by atoms with E-state index < -0.39 is 17.3 Å². The molecule has 2 aliphatic heterocycles. The number of para-hydroxylation sites is 1. The summed E-state index contributed by atoms with van der Waals surface area (Å²) in [5, 5.41) is 18.6. The molecule has 0 radical (unpaired) electrons. The molecule has 3 fully saturated rings. The van der Waals surface area contributed by atoms with E-state index in [0.717, 1.165) is 93.1 Å². The van der Waals surface area contributed by atoms with Gasteiger partial charge in [-0.25, -0.2) is 4.79 Å². The number of benzene rings is 2. The summed E-state index contributed by atoms with van der Waals surface area (Å²) < 4.78 is 12.8. The van der Waals surface area contributed by atoms with Crippen molar-refractivity contribution in [2.45, 2.75) is 88.4 Å². The Morgan fingerprint density at radius 2 is 1.84 bits per heavy atom. The summed E-state index contributed by atoms with van der Waals surface area (Å²) >= 11 is 0. The van der Waals surface area contributed by atoms with Crippen molar-refractivity contribution in [3.63, 3.8) is 0 Å². The molecule has 1 aromatic heterocycles. The molecule has 8 nitrogen and oxygen atoms in total. The predicted molar refractivity (Wildman–Crippen MR) is 167 cm³/mol. The van der Waals surface area contributed by atoms with Gasteiger partial charge in [0.2, 0.25) is 0 Å². The number of aliphatic hydroxyl groups is 1. The molecular formula is C35H46N4O4. The van der Waals surface area contributed by atoms with Crippen molar-refractivity contribution >= 4 is 17.0 Å². The number of aromatic nitrogens is 2. The lowest BCUT2D eigenvalue weighted by Crippen LogP contribution is -2.71. The van der Waals surface area contributed by atoms with Crippen molar-refractivity contribution in [3.8, 4) is 5.75 Å². The highest BCUT2D eigenvalue weighted by Gasteiger charge is 2.63. The molecule has 2 aromatic carbocycles. The average molecular weight is 587 g/mol. The van der Waals surface area contributed by atoms with Crippen molar-refractivity contribution in [2.75, 3.05) is 39.8 Å². The Morgan fingerprint density at radius 3 is 2.60 bits per heavy atom. The molecule has 0 amide bonds. The Hall–Kier alpha value is -2.94. The van der Waals surface area contributed by atoms with Gasteiger partial charge >= 0.3 is 6.09 Å². The first kappa shape index (κ1) is 28.8. The topological polar surface area (TPSA) is 80.1 Å². The van der Waals surface area contributed by atoms with Gasteiger partial charge in [-0.1, -0.05) is 24.3 Å². The quantitative estimate of drug-likeness (QED) is 0.427. The fraction of sp³-hybridized carbons (Fsp3) is 0.600. The molecule has 3 aromatic rings. The predicted octanol–water partition coefficient (Wildman–Crippen LogP) is 5.18. The van der Waals surface area contributed by atoms with Crippen LogP contribution in [0.25, 0.3) is 10.9 Å². The van der Waals surface area contributed by atoms with E-state index in [0.29, 0.717) is 0 Å². The van der Waals surface area contributed by atoms with Gasteiger partial charge in [-0.3, -0.25) is 4.90 Å². The van der Waals surface area contributed by atoms with E-state index >= 15 is 0 Å². The van der Waals surface area contributed by atoms with Crippen LogP contribution in [-0.4, -0.2) is 87.9 Å². The fourth-order valence-corrected chi connectivity index (χ4v) is 8.28. The number of rotatable bonds is 6. The fourth-order valence-electron chi connectivity index (χ4n) is 8.28. The zero-order valence-corrected chi connectivity index (χ0v) is 26.1. The van der Waals surface area contributed by atoms with Gasteiger partial charge in [-0.05, 0) is 108 Å². The number of hydrogen-bond donors (Lipinski definition) is 1. The Morgan fingerprint density at radius 1 is 1.07 bits per heavy atom. The molecule has 3 atom stereocenters. The van der Waals surface area contributed by atoms with Gasteiger partial charge in [-0.2, -0.15) is 9.78 Å². The highest BCUT2D eigenvalue weighted by Crippen LogP contribution is 2.56. The maximum absolute atomic E-state index is 13.0. The molecule has 1 saturated carbocycles. The first-order chi connectivity index (χ1) is 20.6. The standard InChI is InChI=1S/C35H46N4O4/c1-33(2,3)43-32(40)39-30-8-6-5-7-27(30)29(36-39)13-17-37-18-14-34-15-20-38(23-24-9-10-24)31(35(34,41)16-19-37)21-25-11-12-26(42-4)22-28(25)34/h5-8,11-12,22,24,31,41H,9-10,13-21,23H2,1-4H3/t31-,34+,35-/m1/s1. The smallest absolute Gasteiger partial charge is 0.435 e. The third-order valence-electron chi connectivity index (χ3n) is 10.6. The van der Waals surface area contributed by atoms with Gasteiger partial charge in [0, 0.05) is 42.9 Å². The Kier molecular flexibility index (Phi) is 7.10. The van der Waals surface area contributed by atoms with E-state index in [4.69, 9.17) is 14.6 Å². The molecule has 43 heavy (non-hydrogen) atoms. The first-order valence-electron chi connectivity index (χ1n) is 16.2. The molecule has 2 saturated heterocycles. The molecule has 2 aliphatic carbocycles. The third-order valence-corrected chi connectivity index (χ3v) is 10.6. The summed E-state index contributed by atoms with van der Waals surface area (Å²) in [6.45, 7) is 10.4. The second-order valence-corrected chi connectivity index (χ2v) is 14.4. The molecule has 230 valence electrons. The Balaban J connectivity index is 1.15. The van der Waals surface area contributed by atoms with Crippen LogP contribution >= 0.6 is 0 Å². The second-order valence-electron chi connectivity index (χ2n) is 14.4. The molecule has 1 N–H and O–H groups in total. The molecule has 0 spiro atoms. The monoisotopic (exact) mass is 586 g/mol. The molecule has 7 rings (SSSR count). The zero-order chi connectivity index (χ0) is 30.0. The van der Waals surface area contributed by atoms with Gasteiger partial charge in [0.1, 0.15) is 11.4 Å². The van der Waals surface area contributed by atoms with E-state index in [2.05, 4.69) is 28.0 Å². The number of piperidine rings is 1. The number of methoxy groups -OCH3 is 1. The maximum Gasteiger partial charge on any atom is 0.435 e. The second kappa shape index (κ2) is 10.6. The zero-order valence-electron chi connectivity index (χ0n) is 26.1. The van der Waals surface area contributed by atoms with Crippen LogP contribution in [0.15, 0.2) is 42.5 Å². The number of carbonyl (C=O) groups is 1. The third kappa shape index (κ3) is 5.05. The lowest BCUT2D eigenvalue weighted by molar-refractivity contribution is -0.149. The van der Waals surface area contributed by atoms with Crippen LogP contribution in [0.4, 0.5) is 4.79 Å². The maximum atomic E-state index is 13.0. The number of ether oxygens (including phenoxy) is 2. The van der Waals surface area contributed by atoms with Crippen LogP contribution in [0.3, 0.4) is 0 Å². The van der Waals surface area contributed by atoms with Crippen LogP contribution in [0, 0.1) is 5.92 Å². The molecule has 0 unspecified atom stereocenters.